The van der Waals surface area contributed by atoms with Crippen LogP contribution < -0.4 is 4.72 Å². The van der Waals surface area contributed by atoms with Crippen molar-refractivity contribution in [3.8, 4) is 0 Å². The number of fused-ring (bicyclic) bond motifs is 1. The lowest BCUT2D eigenvalue weighted by Gasteiger charge is -2.38. The van der Waals surface area contributed by atoms with Gasteiger partial charge >= 0.3 is 0 Å². The number of rotatable bonds is 4. The smallest absolute Gasteiger partial charge is 0.216 e. The topological polar surface area (TPSA) is 64.6 Å². The summed E-state index contributed by atoms with van der Waals surface area (Å²) in [5, 5.41) is 0. The van der Waals surface area contributed by atoms with Crippen molar-refractivity contribution in [2.45, 2.75) is 43.3 Å². The van der Waals surface area contributed by atoms with Gasteiger partial charge in [0.05, 0.1) is 31.2 Å². The molecule has 1 aromatic rings. The Bertz CT molecular complexity index is 560. The van der Waals surface area contributed by atoms with Crippen LogP contribution in [-0.2, 0) is 25.2 Å². The molecule has 5 nitrogen and oxygen atoms in total. The van der Waals surface area contributed by atoms with E-state index in [0.29, 0.717) is 19.6 Å². The summed E-state index contributed by atoms with van der Waals surface area (Å²) in [5.74, 6) is 0.0236. The summed E-state index contributed by atoms with van der Waals surface area (Å²) in [6.07, 6.45) is 2.51. The van der Waals surface area contributed by atoms with E-state index in [4.69, 9.17) is 9.47 Å². The zero-order valence-corrected chi connectivity index (χ0v) is 12.7. The van der Waals surface area contributed by atoms with Crippen LogP contribution in [0, 0.1) is 0 Å². The number of ether oxygens (including phenoxy) is 2. The zero-order chi connectivity index (χ0) is 14.7. The van der Waals surface area contributed by atoms with Crippen molar-refractivity contribution in [2.24, 2.45) is 0 Å². The van der Waals surface area contributed by atoms with Crippen molar-refractivity contribution in [2.75, 3.05) is 13.2 Å². The Hall–Kier alpha value is -0.950. The van der Waals surface area contributed by atoms with E-state index in [1.807, 2.05) is 30.3 Å². The Morgan fingerprint density at radius 3 is 2.52 bits per heavy atom. The van der Waals surface area contributed by atoms with Gasteiger partial charge in [-0.2, -0.15) is 0 Å². The summed E-state index contributed by atoms with van der Waals surface area (Å²) < 4.78 is 38.6. The minimum absolute atomic E-state index is 0.0236. The maximum absolute atomic E-state index is 12.2. The monoisotopic (exact) mass is 311 g/mol. The van der Waals surface area contributed by atoms with E-state index < -0.39 is 10.0 Å². The molecule has 1 aromatic carbocycles. The molecule has 3 rings (SSSR count). The summed E-state index contributed by atoms with van der Waals surface area (Å²) >= 11 is 0. The Morgan fingerprint density at radius 2 is 1.76 bits per heavy atom. The lowest BCUT2D eigenvalue weighted by Crippen LogP contribution is -2.49. The van der Waals surface area contributed by atoms with E-state index in [9.17, 15) is 8.42 Å². The average molecular weight is 311 g/mol. The van der Waals surface area contributed by atoms with Gasteiger partial charge in [0.1, 0.15) is 0 Å². The van der Waals surface area contributed by atoms with E-state index >= 15 is 0 Å². The lowest BCUT2D eigenvalue weighted by molar-refractivity contribution is -0.156. The summed E-state index contributed by atoms with van der Waals surface area (Å²) in [5.41, 5.74) is 0.802. The van der Waals surface area contributed by atoms with E-state index in [0.717, 1.165) is 18.4 Å². The van der Waals surface area contributed by atoms with Gasteiger partial charge in [-0.1, -0.05) is 30.3 Å². The molecule has 0 radical (unpaired) electrons. The predicted molar refractivity (Wildman–Crippen MR) is 79.3 cm³/mol. The molecule has 1 aliphatic carbocycles. The molecule has 1 heterocycles. The molecular weight excluding hydrogens is 290 g/mol. The summed E-state index contributed by atoms with van der Waals surface area (Å²) in [7, 11) is -3.32. The van der Waals surface area contributed by atoms with Crippen LogP contribution >= 0.6 is 0 Å². The molecule has 0 amide bonds. The first-order chi connectivity index (χ1) is 10.1. The van der Waals surface area contributed by atoms with Crippen LogP contribution in [0.2, 0.25) is 0 Å². The number of hydrogen-bond acceptors (Lipinski definition) is 4. The Labute approximate surface area is 125 Å². The third-order valence-corrected chi connectivity index (χ3v) is 5.43. The van der Waals surface area contributed by atoms with E-state index in [-0.39, 0.29) is 24.0 Å². The molecule has 0 aromatic heterocycles. The second-order valence-corrected chi connectivity index (χ2v) is 7.44. The van der Waals surface area contributed by atoms with Crippen molar-refractivity contribution in [1.82, 2.24) is 4.72 Å². The van der Waals surface area contributed by atoms with Crippen LogP contribution in [0.15, 0.2) is 30.3 Å². The van der Waals surface area contributed by atoms with E-state index in [2.05, 4.69) is 4.72 Å². The second-order valence-electron chi connectivity index (χ2n) is 5.69. The average Bonchev–Trinajstić information content (AvgIpc) is 2.47. The van der Waals surface area contributed by atoms with Gasteiger partial charge in [-0.05, 0) is 24.8 Å². The fourth-order valence-electron chi connectivity index (χ4n) is 3.06. The number of benzene rings is 1. The van der Waals surface area contributed by atoms with Crippen molar-refractivity contribution in [1.29, 1.82) is 0 Å². The minimum atomic E-state index is -3.32. The van der Waals surface area contributed by atoms with Gasteiger partial charge in [0, 0.05) is 6.04 Å². The van der Waals surface area contributed by atoms with Gasteiger partial charge in [-0.3, -0.25) is 0 Å². The molecular formula is C15H21NO4S. The standard InChI is InChI=1S/C15H21NO4S/c17-21(18,11-12-4-2-1-3-5-12)16-13-6-7-14-15(10-13)20-9-8-19-14/h1-5,13-16H,6-11H2/t13-,14+,15-/m1/s1. The third-order valence-electron chi connectivity index (χ3n) is 4.02. The highest BCUT2D eigenvalue weighted by molar-refractivity contribution is 7.88. The lowest BCUT2D eigenvalue weighted by atomic mass is 9.90. The second kappa shape index (κ2) is 6.44. The summed E-state index contributed by atoms with van der Waals surface area (Å²) in [6, 6.07) is 9.18. The molecule has 6 heteroatoms. The van der Waals surface area contributed by atoms with Gasteiger partial charge in [0.15, 0.2) is 0 Å². The van der Waals surface area contributed by atoms with Crippen LogP contribution in [0.3, 0.4) is 0 Å². The number of nitrogens with one attached hydrogen (secondary N) is 1. The van der Waals surface area contributed by atoms with Crippen LogP contribution in [0.1, 0.15) is 24.8 Å². The SMILES string of the molecule is O=S(=O)(Cc1ccccc1)N[C@@H]1CC[C@@H]2OCCO[C@@H]2C1. The highest BCUT2D eigenvalue weighted by atomic mass is 32.2. The molecule has 0 unspecified atom stereocenters. The molecule has 21 heavy (non-hydrogen) atoms. The molecule has 0 bridgehead atoms. The predicted octanol–water partition coefficient (Wildman–Crippen LogP) is 1.44. The first-order valence-corrected chi connectivity index (χ1v) is 9.05. The fraction of sp³-hybridized carbons (Fsp3) is 0.600. The van der Waals surface area contributed by atoms with Crippen molar-refractivity contribution in [3.63, 3.8) is 0 Å². The van der Waals surface area contributed by atoms with E-state index in [1.165, 1.54) is 0 Å². The van der Waals surface area contributed by atoms with Crippen LogP contribution in [-0.4, -0.2) is 39.9 Å². The van der Waals surface area contributed by atoms with Crippen molar-refractivity contribution < 1.29 is 17.9 Å². The Kier molecular flexibility index (Phi) is 4.59. The zero-order valence-electron chi connectivity index (χ0n) is 11.9. The molecule has 3 atom stereocenters. The van der Waals surface area contributed by atoms with Gasteiger partial charge in [0.2, 0.25) is 10.0 Å². The maximum atomic E-state index is 12.2. The van der Waals surface area contributed by atoms with Gasteiger partial charge in [-0.15, -0.1) is 0 Å². The Morgan fingerprint density at radius 1 is 1.05 bits per heavy atom. The fourth-order valence-corrected chi connectivity index (χ4v) is 4.50. The minimum Gasteiger partial charge on any atom is -0.373 e. The van der Waals surface area contributed by atoms with Gasteiger partial charge in [0.25, 0.3) is 0 Å². The van der Waals surface area contributed by atoms with Gasteiger partial charge in [-0.25, -0.2) is 13.1 Å². The first kappa shape index (κ1) is 15.0. The van der Waals surface area contributed by atoms with Crippen LogP contribution in [0.4, 0.5) is 0 Å². The highest BCUT2D eigenvalue weighted by Gasteiger charge is 2.35. The maximum Gasteiger partial charge on any atom is 0.216 e. The normalized spacial score (nSPS) is 29.8. The molecule has 1 aliphatic heterocycles. The first-order valence-electron chi connectivity index (χ1n) is 7.39. The third kappa shape index (κ3) is 4.03. The molecule has 2 fully saturated rings. The quantitative estimate of drug-likeness (QED) is 0.914. The van der Waals surface area contributed by atoms with Crippen molar-refractivity contribution >= 4 is 10.0 Å². The molecule has 116 valence electrons. The van der Waals surface area contributed by atoms with Crippen LogP contribution in [0.25, 0.3) is 0 Å². The summed E-state index contributed by atoms with van der Waals surface area (Å²) in [4.78, 5) is 0. The molecule has 1 saturated carbocycles. The Balaban J connectivity index is 1.58. The molecule has 0 spiro atoms. The number of sulfonamides is 1. The number of hydrogen-bond donors (Lipinski definition) is 1. The molecule has 1 saturated heterocycles. The van der Waals surface area contributed by atoms with E-state index in [1.54, 1.807) is 0 Å². The largest absolute Gasteiger partial charge is 0.373 e. The highest BCUT2D eigenvalue weighted by Crippen LogP contribution is 2.27. The molecule has 1 N–H and O–H groups in total. The molecule has 2 aliphatic rings. The van der Waals surface area contributed by atoms with Crippen LogP contribution in [0.5, 0.6) is 0 Å². The van der Waals surface area contributed by atoms with Gasteiger partial charge < -0.3 is 9.47 Å². The summed E-state index contributed by atoms with van der Waals surface area (Å²) in [6.45, 7) is 1.25. The van der Waals surface area contributed by atoms with Crippen molar-refractivity contribution in [3.05, 3.63) is 35.9 Å².